The van der Waals surface area contributed by atoms with Crippen LogP contribution in [-0.4, -0.2) is 24.6 Å². The van der Waals surface area contributed by atoms with E-state index in [2.05, 4.69) is 4.84 Å². The molecule has 0 aromatic rings. The van der Waals surface area contributed by atoms with Gasteiger partial charge >= 0.3 is 6.47 Å². The average Bonchev–Trinajstić information content (AvgIpc) is 1.83. The van der Waals surface area contributed by atoms with Crippen LogP contribution in [0.5, 0.6) is 0 Å². The molecule has 0 aliphatic rings. The first-order valence-electron chi connectivity index (χ1n) is 2.70. The Labute approximate surface area is 70.8 Å². The van der Waals surface area contributed by atoms with Gasteiger partial charge in [-0.1, -0.05) is 0 Å². The molecule has 3 nitrogen and oxygen atoms in total. The molecule has 0 spiro atoms. The van der Waals surface area contributed by atoms with Crippen LogP contribution in [-0.2, 0) is 32.0 Å². The predicted octanol–water partition coefficient (Wildman–Crippen LogP) is 0.414. The summed E-state index contributed by atoms with van der Waals surface area (Å²) in [6.07, 6.45) is 0. The number of nitrogens with zero attached hydrogens (tertiary/aromatic N) is 1. The van der Waals surface area contributed by atoms with Crippen LogP contribution in [0.25, 0.3) is 0 Å². The summed E-state index contributed by atoms with van der Waals surface area (Å²) in [5.74, 6) is 0. The Kier molecular flexibility index (Phi) is 10.8. The Balaban J connectivity index is 0. The number of carbonyl (C=O) groups is 1. The van der Waals surface area contributed by atoms with Gasteiger partial charge in [0.05, 0.1) is 0 Å². The Morgan fingerprint density at radius 2 is 1.89 bits per heavy atom. The topological polar surface area (TPSA) is 29.5 Å². The quantitative estimate of drug-likeness (QED) is 0.394. The minimum atomic E-state index is 0. The van der Waals surface area contributed by atoms with E-state index in [9.17, 15) is 4.79 Å². The average molecular weight is 225 g/mol. The van der Waals surface area contributed by atoms with Crippen molar-refractivity contribution in [3.63, 3.8) is 0 Å². The molecule has 0 aromatic carbocycles. The van der Waals surface area contributed by atoms with E-state index in [-0.39, 0.29) is 22.4 Å². The van der Waals surface area contributed by atoms with Gasteiger partial charge in [-0.25, -0.2) is 0 Å². The number of rotatable bonds is 4. The molecule has 0 aromatic heterocycles. The van der Waals surface area contributed by atoms with E-state index in [1.807, 2.05) is 13.8 Å². The molecule has 9 heavy (non-hydrogen) atoms. The first-order chi connectivity index (χ1) is 3.85. The minimum Gasteiger partial charge on any atom is -0.371 e. The van der Waals surface area contributed by atoms with E-state index >= 15 is 0 Å². The third kappa shape index (κ3) is 6.05. The molecule has 1 radical (unpaired) electrons. The Morgan fingerprint density at radius 1 is 1.44 bits per heavy atom. The molecule has 0 unspecified atom stereocenters. The normalized spacial score (nSPS) is 8.33. The third-order valence-corrected chi connectivity index (χ3v) is 0.898. The van der Waals surface area contributed by atoms with Crippen molar-refractivity contribution in [2.24, 2.45) is 0 Å². The summed E-state index contributed by atoms with van der Waals surface area (Å²) in [6, 6.07) is 0. The first-order valence-corrected chi connectivity index (χ1v) is 2.70. The molecular weight excluding hydrogens is 214 g/mol. The van der Waals surface area contributed by atoms with Crippen LogP contribution in [0.3, 0.4) is 0 Å². The summed E-state index contributed by atoms with van der Waals surface area (Å²) in [7, 11) is 0. The van der Waals surface area contributed by atoms with Crippen LogP contribution < -0.4 is 0 Å². The van der Waals surface area contributed by atoms with Crippen molar-refractivity contribution in [2.45, 2.75) is 13.8 Å². The zero-order valence-corrected chi connectivity index (χ0v) is 7.04. The largest absolute Gasteiger partial charge is 0.371 e. The van der Waals surface area contributed by atoms with Gasteiger partial charge in [-0.05, 0) is 13.8 Å². The van der Waals surface area contributed by atoms with Crippen LogP contribution in [0.2, 0.25) is 0 Å². The number of hydrogen-bond acceptors (Lipinski definition) is 3. The van der Waals surface area contributed by atoms with Crippen LogP contribution in [0.15, 0.2) is 0 Å². The van der Waals surface area contributed by atoms with Crippen molar-refractivity contribution < 1.29 is 32.0 Å². The maximum atomic E-state index is 9.67. The molecule has 0 N–H and O–H groups in total. The Bertz CT molecular complexity index is 66.0. The Morgan fingerprint density at radius 3 is 2.00 bits per heavy atom. The molecule has 0 saturated heterocycles. The second kappa shape index (κ2) is 8.17. The fourth-order valence-corrected chi connectivity index (χ4v) is 0.434. The molecule has 0 aliphatic carbocycles. The predicted molar refractivity (Wildman–Crippen MR) is 30.1 cm³/mol. The monoisotopic (exact) mass is 224 g/mol. The summed E-state index contributed by atoms with van der Waals surface area (Å²) >= 11 is 0. The van der Waals surface area contributed by atoms with Crippen molar-refractivity contribution in [2.75, 3.05) is 13.1 Å². The molecule has 0 heterocycles. The van der Waals surface area contributed by atoms with Gasteiger partial charge < -0.3 is 4.84 Å². The van der Waals surface area contributed by atoms with E-state index in [1.165, 1.54) is 0 Å². The zero-order valence-electron chi connectivity index (χ0n) is 5.56. The van der Waals surface area contributed by atoms with Gasteiger partial charge in [-0.15, -0.1) is 5.06 Å². The van der Waals surface area contributed by atoms with Gasteiger partial charge in [-0.3, -0.25) is 4.79 Å². The molecule has 4 heteroatoms. The molecule has 0 rings (SSSR count). The van der Waals surface area contributed by atoms with Crippen LogP contribution in [0.1, 0.15) is 13.8 Å². The van der Waals surface area contributed by atoms with Gasteiger partial charge in [0.2, 0.25) is 0 Å². The van der Waals surface area contributed by atoms with E-state index in [4.69, 9.17) is 0 Å². The summed E-state index contributed by atoms with van der Waals surface area (Å²) in [4.78, 5) is 14.2. The van der Waals surface area contributed by atoms with Crippen molar-refractivity contribution >= 4 is 6.47 Å². The minimum absolute atomic E-state index is 0. The van der Waals surface area contributed by atoms with E-state index < -0.39 is 0 Å². The van der Waals surface area contributed by atoms with Gasteiger partial charge in [0, 0.05) is 35.5 Å². The fraction of sp³-hybridized carbons (Fsp3) is 0.800. The van der Waals surface area contributed by atoms with Crippen LogP contribution in [0, 0.1) is 0 Å². The second-order valence-corrected chi connectivity index (χ2v) is 1.32. The fourth-order valence-electron chi connectivity index (χ4n) is 0.434. The maximum Gasteiger partial charge on any atom is 0.312 e. The van der Waals surface area contributed by atoms with Crippen molar-refractivity contribution in [3.05, 3.63) is 0 Å². The first kappa shape index (κ1) is 11.9. The molecule has 0 aliphatic heterocycles. The standard InChI is InChI=1S/C5H11NO2.Ag/c1-3-6(4-2)8-5-7;/h5H,3-4H2,1-2H3;. The molecule has 0 atom stereocenters. The summed E-state index contributed by atoms with van der Waals surface area (Å²) < 4.78 is 0. The molecule has 59 valence electrons. The Hall–Kier alpha value is 0.170. The molecule has 0 saturated carbocycles. The molecular formula is C5H11AgNO2. The second-order valence-electron chi connectivity index (χ2n) is 1.32. The van der Waals surface area contributed by atoms with Crippen LogP contribution in [0.4, 0.5) is 0 Å². The number of carbonyl (C=O) groups excluding carboxylic acids is 1. The van der Waals surface area contributed by atoms with Gasteiger partial charge in [0.25, 0.3) is 0 Å². The van der Waals surface area contributed by atoms with Gasteiger partial charge in [-0.2, -0.15) is 0 Å². The summed E-state index contributed by atoms with van der Waals surface area (Å²) in [5.41, 5.74) is 0. The number of hydroxylamine groups is 2. The summed E-state index contributed by atoms with van der Waals surface area (Å²) in [5, 5.41) is 1.56. The molecule has 0 bridgehead atoms. The van der Waals surface area contributed by atoms with Crippen molar-refractivity contribution in [1.29, 1.82) is 0 Å². The van der Waals surface area contributed by atoms with Gasteiger partial charge in [0.1, 0.15) is 0 Å². The maximum absolute atomic E-state index is 9.67. The van der Waals surface area contributed by atoms with E-state index in [0.29, 0.717) is 6.47 Å². The van der Waals surface area contributed by atoms with Gasteiger partial charge in [0.15, 0.2) is 0 Å². The smallest absolute Gasteiger partial charge is 0.312 e. The third-order valence-electron chi connectivity index (χ3n) is 0.898. The SMILES string of the molecule is CCN(CC)OC=O.[Ag]. The zero-order chi connectivity index (χ0) is 6.41. The molecule has 0 amide bonds. The molecule has 0 fully saturated rings. The van der Waals surface area contributed by atoms with Crippen molar-refractivity contribution in [3.8, 4) is 0 Å². The summed E-state index contributed by atoms with van der Waals surface area (Å²) in [6.45, 7) is 5.78. The number of hydrogen-bond donors (Lipinski definition) is 0. The van der Waals surface area contributed by atoms with Crippen LogP contribution >= 0.6 is 0 Å². The van der Waals surface area contributed by atoms with E-state index in [1.54, 1.807) is 5.06 Å². The van der Waals surface area contributed by atoms with Crippen molar-refractivity contribution in [1.82, 2.24) is 5.06 Å². The van der Waals surface area contributed by atoms with E-state index in [0.717, 1.165) is 13.1 Å².